The van der Waals surface area contributed by atoms with E-state index in [0.717, 1.165) is 42.5 Å². The van der Waals surface area contributed by atoms with Crippen LogP contribution in [0.3, 0.4) is 0 Å². The molecule has 1 aromatic heterocycles. The highest BCUT2D eigenvalue weighted by Crippen LogP contribution is 2.30. The Morgan fingerprint density at radius 3 is 2.88 bits per heavy atom. The van der Waals surface area contributed by atoms with Crippen molar-refractivity contribution in [2.75, 3.05) is 26.7 Å². The zero-order chi connectivity index (χ0) is 16.9. The summed E-state index contributed by atoms with van der Waals surface area (Å²) in [5.41, 5.74) is 0.870. The van der Waals surface area contributed by atoms with E-state index in [1.54, 1.807) is 6.20 Å². The van der Waals surface area contributed by atoms with Crippen LogP contribution >= 0.6 is 22.9 Å². The summed E-state index contributed by atoms with van der Waals surface area (Å²) in [4.78, 5) is 19.6. The molecule has 0 spiro atoms. The van der Waals surface area contributed by atoms with Crippen molar-refractivity contribution < 1.29 is 4.79 Å². The summed E-state index contributed by atoms with van der Waals surface area (Å²) in [6.07, 6.45) is 5.14. The van der Waals surface area contributed by atoms with Gasteiger partial charge in [0, 0.05) is 12.1 Å². The number of piperidine rings is 1. The monoisotopic (exact) mass is 363 g/mol. The van der Waals surface area contributed by atoms with Gasteiger partial charge in [-0.1, -0.05) is 29.8 Å². The highest BCUT2D eigenvalue weighted by atomic mass is 35.5. The number of halogens is 1. The summed E-state index contributed by atoms with van der Waals surface area (Å²) in [5.74, 6) is 0.681. The molecule has 4 nitrogen and oxygen atoms in total. The summed E-state index contributed by atoms with van der Waals surface area (Å²) in [5, 5.41) is 4.45. The molecule has 0 unspecified atom stereocenters. The number of nitrogens with one attached hydrogen (secondary N) is 1. The molecule has 0 aliphatic carbocycles. The molecular formula is C18H22ClN3OS. The van der Waals surface area contributed by atoms with Crippen LogP contribution in [0.2, 0.25) is 5.02 Å². The molecule has 0 radical (unpaired) electrons. The Labute approximate surface area is 151 Å². The van der Waals surface area contributed by atoms with Crippen molar-refractivity contribution in [3.05, 3.63) is 40.4 Å². The Bertz CT molecular complexity index is 695. The zero-order valence-electron chi connectivity index (χ0n) is 13.8. The first-order valence-corrected chi connectivity index (χ1v) is 9.50. The van der Waals surface area contributed by atoms with Crippen molar-refractivity contribution in [3.63, 3.8) is 0 Å². The second-order valence-corrected chi connectivity index (χ2v) is 7.74. The van der Waals surface area contributed by atoms with Gasteiger partial charge >= 0.3 is 0 Å². The molecule has 0 bridgehead atoms. The predicted molar refractivity (Wildman–Crippen MR) is 99.7 cm³/mol. The van der Waals surface area contributed by atoms with E-state index in [1.807, 2.05) is 24.3 Å². The summed E-state index contributed by atoms with van der Waals surface area (Å²) < 4.78 is 0. The first kappa shape index (κ1) is 17.4. The number of thiazole rings is 1. The SMILES string of the molecule is CN1CCC(CCNC(=O)c2cnc(-c3ccccc3Cl)s2)CC1. The molecule has 1 aliphatic rings. The fourth-order valence-electron chi connectivity index (χ4n) is 2.97. The maximum atomic E-state index is 12.3. The van der Waals surface area contributed by atoms with E-state index in [2.05, 4.69) is 22.2 Å². The molecule has 128 valence electrons. The van der Waals surface area contributed by atoms with Gasteiger partial charge in [-0.3, -0.25) is 4.79 Å². The van der Waals surface area contributed by atoms with E-state index in [0.29, 0.717) is 9.90 Å². The van der Waals surface area contributed by atoms with Gasteiger partial charge in [-0.15, -0.1) is 11.3 Å². The zero-order valence-corrected chi connectivity index (χ0v) is 15.4. The molecule has 1 saturated heterocycles. The Balaban J connectivity index is 1.52. The normalized spacial score (nSPS) is 16.2. The summed E-state index contributed by atoms with van der Waals surface area (Å²) >= 11 is 7.57. The van der Waals surface area contributed by atoms with Gasteiger partial charge in [-0.05, 0) is 51.4 Å². The standard InChI is InChI=1S/C18H22ClN3OS/c1-22-10-7-13(8-11-22)6-9-20-17(23)16-12-21-18(24-16)14-4-2-3-5-15(14)19/h2-5,12-13H,6-11H2,1H3,(H,20,23). The minimum absolute atomic E-state index is 0.0428. The number of amides is 1. The van der Waals surface area contributed by atoms with E-state index in [4.69, 9.17) is 11.6 Å². The maximum absolute atomic E-state index is 12.3. The molecule has 6 heteroatoms. The Morgan fingerprint density at radius 2 is 2.12 bits per heavy atom. The van der Waals surface area contributed by atoms with Crippen LogP contribution in [0.5, 0.6) is 0 Å². The number of nitrogens with zero attached hydrogens (tertiary/aromatic N) is 2. The van der Waals surface area contributed by atoms with E-state index in [1.165, 1.54) is 24.2 Å². The number of carbonyl (C=O) groups is 1. The lowest BCUT2D eigenvalue weighted by Gasteiger charge is -2.28. The summed E-state index contributed by atoms with van der Waals surface area (Å²) in [6, 6.07) is 7.56. The number of benzene rings is 1. The number of aromatic nitrogens is 1. The second kappa shape index (κ2) is 8.10. The van der Waals surface area contributed by atoms with Gasteiger partial charge < -0.3 is 10.2 Å². The molecule has 3 rings (SSSR count). The molecule has 0 saturated carbocycles. The van der Waals surface area contributed by atoms with E-state index in [9.17, 15) is 4.79 Å². The number of hydrogen-bond donors (Lipinski definition) is 1. The van der Waals surface area contributed by atoms with Gasteiger partial charge in [0.1, 0.15) is 9.88 Å². The Hall–Kier alpha value is -1.43. The van der Waals surface area contributed by atoms with Crippen molar-refractivity contribution in [1.29, 1.82) is 0 Å². The van der Waals surface area contributed by atoms with Crippen molar-refractivity contribution in [2.24, 2.45) is 5.92 Å². The molecule has 1 aromatic carbocycles. The molecule has 24 heavy (non-hydrogen) atoms. The molecule has 1 amide bonds. The van der Waals surface area contributed by atoms with Gasteiger partial charge in [-0.25, -0.2) is 4.98 Å². The topological polar surface area (TPSA) is 45.2 Å². The van der Waals surface area contributed by atoms with E-state index < -0.39 is 0 Å². The summed E-state index contributed by atoms with van der Waals surface area (Å²) in [7, 11) is 2.17. The van der Waals surface area contributed by atoms with Crippen molar-refractivity contribution in [1.82, 2.24) is 15.2 Å². The Kier molecular flexibility index (Phi) is 5.87. The molecule has 1 fully saturated rings. The van der Waals surface area contributed by atoms with Crippen molar-refractivity contribution >= 4 is 28.8 Å². The molecule has 2 aromatic rings. The Morgan fingerprint density at radius 1 is 1.38 bits per heavy atom. The van der Waals surface area contributed by atoms with Crippen LogP contribution in [0, 0.1) is 5.92 Å². The third kappa shape index (κ3) is 4.35. The number of hydrogen-bond acceptors (Lipinski definition) is 4. The molecule has 2 heterocycles. The lowest BCUT2D eigenvalue weighted by Crippen LogP contribution is -2.32. The third-order valence-corrected chi connectivity index (χ3v) is 5.87. The van der Waals surface area contributed by atoms with Gasteiger partial charge in [0.25, 0.3) is 5.91 Å². The molecule has 0 atom stereocenters. The largest absolute Gasteiger partial charge is 0.351 e. The lowest BCUT2D eigenvalue weighted by molar-refractivity contribution is 0.0952. The van der Waals surface area contributed by atoms with Crippen LogP contribution in [-0.2, 0) is 0 Å². The minimum Gasteiger partial charge on any atom is -0.351 e. The fraction of sp³-hybridized carbons (Fsp3) is 0.444. The van der Waals surface area contributed by atoms with Crippen LogP contribution in [0.1, 0.15) is 28.9 Å². The minimum atomic E-state index is -0.0428. The van der Waals surface area contributed by atoms with Crippen LogP contribution < -0.4 is 5.32 Å². The summed E-state index contributed by atoms with van der Waals surface area (Å²) in [6.45, 7) is 3.05. The molecule has 1 aliphatic heterocycles. The van der Waals surface area contributed by atoms with Crippen molar-refractivity contribution in [3.8, 4) is 10.6 Å². The number of rotatable bonds is 5. The van der Waals surface area contributed by atoms with Gasteiger partial charge in [-0.2, -0.15) is 0 Å². The third-order valence-electron chi connectivity index (χ3n) is 4.51. The highest BCUT2D eigenvalue weighted by Gasteiger charge is 2.17. The van der Waals surface area contributed by atoms with Crippen molar-refractivity contribution in [2.45, 2.75) is 19.3 Å². The smallest absolute Gasteiger partial charge is 0.263 e. The fourth-order valence-corrected chi connectivity index (χ4v) is 4.12. The van der Waals surface area contributed by atoms with Crippen LogP contribution in [0.4, 0.5) is 0 Å². The second-order valence-electron chi connectivity index (χ2n) is 6.30. The first-order chi connectivity index (χ1) is 11.6. The average Bonchev–Trinajstić information content (AvgIpc) is 3.07. The van der Waals surface area contributed by atoms with E-state index >= 15 is 0 Å². The number of carbonyl (C=O) groups excluding carboxylic acids is 1. The van der Waals surface area contributed by atoms with Gasteiger partial charge in [0.2, 0.25) is 0 Å². The first-order valence-electron chi connectivity index (χ1n) is 8.31. The highest BCUT2D eigenvalue weighted by molar-refractivity contribution is 7.17. The van der Waals surface area contributed by atoms with Gasteiger partial charge in [0.05, 0.1) is 11.2 Å². The van der Waals surface area contributed by atoms with Crippen LogP contribution in [-0.4, -0.2) is 42.5 Å². The molecular weight excluding hydrogens is 342 g/mol. The van der Waals surface area contributed by atoms with E-state index in [-0.39, 0.29) is 5.91 Å². The molecule has 1 N–H and O–H groups in total. The lowest BCUT2D eigenvalue weighted by atomic mass is 9.94. The van der Waals surface area contributed by atoms with Gasteiger partial charge in [0.15, 0.2) is 0 Å². The van der Waals surface area contributed by atoms with Crippen LogP contribution in [0.25, 0.3) is 10.6 Å². The predicted octanol–water partition coefficient (Wildman–Crippen LogP) is 3.93. The average molecular weight is 364 g/mol. The van der Waals surface area contributed by atoms with Crippen LogP contribution in [0.15, 0.2) is 30.5 Å². The quantitative estimate of drug-likeness (QED) is 0.875. The maximum Gasteiger partial charge on any atom is 0.263 e. The number of likely N-dealkylation sites (tertiary alicyclic amines) is 1.